The Labute approximate surface area is 184 Å². The lowest BCUT2D eigenvalue weighted by molar-refractivity contribution is 0.0529. The van der Waals surface area contributed by atoms with Gasteiger partial charge in [0.2, 0.25) is 0 Å². The van der Waals surface area contributed by atoms with Crippen LogP contribution >= 0.6 is 0 Å². The number of piperidine rings is 1. The smallest absolute Gasteiger partial charge is 0.407 e. The van der Waals surface area contributed by atoms with E-state index in [1.165, 1.54) is 6.07 Å². The van der Waals surface area contributed by atoms with E-state index in [2.05, 4.69) is 20.9 Å². The molecule has 0 unspecified atom stereocenters. The Kier molecular flexibility index (Phi) is 9.36. The van der Waals surface area contributed by atoms with Crippen molar-refractivity contribution in [2.24, 2.45) is 4.99 Å². The zero-order valence-electron chi connectivity index (χ0n) is 19.0. The summed E-state index contributed by atoms with van der Waals surface area (Å²) in [6, 6.07) is 5.17. The number of alkyl carbamates (subject to hydrolysis) is 1. The second kappa shape index (κ2) is 11.7. The number of aliphatic hydroxyl groups excluding tert-OH is 1. The Morgan fingerprint density at radius 2 is 1.90 bits per heavy atom. The largest absolute Gasteiger partial charge is 0.444 e. The molecule has 1 aliphatic rings. The van der Waals surface area contributed by atoms with Crippen LogP contribution in [0.3, 0.4) is 0 Å². The molecule has 1 aromatic rings. The summed E-state index contributed by atoms with van der Waals surface area (Å²) in [7, 11) is 0. The second-order valence-corrected chi connectivity index (χ2v) is 8.55. The van der Waals surface area contributed by atoms with Crippen LogP contribution in [0.1, 0.15) is 46.1 Å². The van der Waals surface area contributed by atoms with Crippen molar-refractivity contribution in [2.45, 2.75) is 58.8 Å². The number of halogens is 1. The summed E-state index contributed by atoms with van der Waals surface area (Å²) in [5.41, 5.74) is 0.800. The van der Waals surface area contributed by atoms with Gasteiger partial charge in [0.25, 0.3) is 0 Å². The maximum atomic E-state index is 14.6. The van der Waals surface area contributed by atoms with E-state index in [1.807, 2.05) is 38.7 Å². The molecule has 1 saturated heterocycles. The van der Waals surface area contributed by atoms with E-state index in [0.717, 1.165) is 5.56 Å². The van der Waals surface area contributed by atoms with Crippen molar-refractivity contribution in [3.8, 4) is 0 Å². The van der Waals surface area contributed by atoms with Crippen LogP contribution in [0, 0.1) is 5.82 Å². The molecule has 1 fully saturated rings. The molecule has 0 aliphatic carbocycles. The molecule has 9 heteroatoms. The van der Waals surface area contributed by atoms with E-state index in [0.29, 0.717) is 63.8 Å². The summed E-state index contributed by atoms with van der Waals surface area (Å²) < 4.78 is 19.8. The molecule has 8 nitrogen and oxygen atoms in total. The molecule has 0 saturated carbocycles. The molecular weight excluding hydrogens is 401 g/mol. The van der Waals surface area contributed by atoms with Crippen molar-refractivity contribution in [2.75, 3.05) is 37.6 Å². The highest BCUT2D eigenvalue weighted by atomic mass is 19.1. The lowest BCUT2D eigenvalue weighted by Crippen LogP contribution is -2.42. The fourth-order valence-electron chi connectivity index (χ4n) is 3.18. The van der Waals surface area contributed by atoms with Crippen LogP contribution in [0.15, 0.2) is 23.2 Å². The highest BCUT2D eigenvalue weighted by Crippen LogP contribution is 2.24. The summed E-state index contributed by atoms with van der Waals surface area (Å²) >= 11 is 0. The molecule has 1 aliphatic heterocycles. The molecule has 2 rings (SSSR count). The summed E-state index contributed by atoms with van der Waals surface area (Å²) in [4.78, 5) is 18.1. The Balaban J connectivity index is 1.85. The number of ether oxygens (including phenoxy) is 1. The number of rotatable bonds is 7. The van der Waals surface area contributed by atoms with Crippen LogP contribution in [0.25, 0.3) is 0 Å². The molecular formula is C22H36FN5O3. The van der Waals surface area contributed by atoms with Crippen molar-refractivity contribution in [3.63, 3.8) is 0 Å². The van der Waals surface area contributed by atoms with E-state index >= 15 is 0 Å². The predicted octanol–water partition coefficient (Wildman–Crippen LogP) is 2.37. The monoisotopic (exact) mass is 437 g/mol. The molecule has 1 aromatic carbocycles. The van der Waals surface area contributed by atoms with E-state index in [4.69, 9.17) is 4.74 Å². The first-order valence-corrected chi connectivity index (χ1v) is 10.9. The first-order chi connectivity index (χ1) is 14.7. The van der Waals surface area contributed by atoms with Gasteiger partial charge in [-0.25, -0.2) is 14.2 Å². The van der Waals surface area contributed by atoms with Gasteiger partial charge in [0.1, 0.15) is 11.4 Å². The molecule has 31 heavy (non-hydrogen) atoms. The number of nitrogens with zero attached hydrogens (tertiary/aromatic N) is 2. The summed E-state index contributed by atoms with van der Waals surface area (Å²) in [5.74, 6) is 0.312. The van der Waals surface area contributed by atoms with E-state index in [1.54, 1.807) is 6.07 Å². The van der Waals surface area contributed by atoms with Crippen LogP contribution in [-0.4, -0.2) is 61.6 Å². The Morgan fingerprint density at radius 3 is 2.52 bits per heavy atom. The van der Waals surface area contributed by atoms with E-state index < -0.39 is 11.7 Å². The van der Waals surface area contributed by atoms with Crippen LogP contribution < -0.4 is 20.9 Å². The topological polar surface area (TPSA) is 98.2 Å². The molecule has 0 bridgehead atoms. The normalized spacial score (nSPS) is 15.5. The van der Waals surface area contributed by atoms with Crippen molar-refractivity contribution in [3.05, 3.63) is 29.6 Å². The average Bonchev–Trinajstić information content (AvgIpc) is 2.69. The number of aliphatic hydroxyl groups is 1. The molecule has 174 valence electrons. The van der Waals surface area contributed by atoms with Crippen LogP contribution in [0.2, 0.25) is 0 Å². The summed E-state index contributed by atoms with van der Waals surface area (Å²) in [6.07, 6.45) is 0.567. The van der Waals surface area contributed by atoms with Crippen LogP contribution in [0.4, 0.5) is 14.9 Å². The summed E-state index contributed by atoms with van der Waals surface area (Å²) in [5, 5.41) is 18.6. The number of carbonyl (C=O) groups excluding carboxylic acids is 1. The average molecular weight is 438 g/mol. The SMILES string of the molecule is CCNC(=NCc1ccc(N2CCC(O)CC2)c(F)c1)NCCNC(=O)OC(C)(C)C. The number of nitrogens with one attached hydrogen (secondary N) is 3. The minimum Gasteiger partial charge on any atom is -0.444 e. The van der Waals surface area contributed by atoms with Gasteiger partial charge in [0.05, 0.1) is 18.3 Å². The third-order valence-electron chi connectivity index (χ3n) is 4.67. The first kappa shape index (κ1) is 24.7. The summed E-state index contributed by atoms with van der Waals surface area (Å²) in [6.45, 7) is 10.6. The predicted molar refractivity (Wildman–Crippen MR) is 121 cm³/mol. The number of anilines is 1. The maximum absolute atomic E-state index is 14.6. The number of benzene rings is 1. The van der Waals surface area contributed by atoms with Gasteiger partial charge in [0.15, 0.2) is 5.96 Å². The molecule has 1 heterocycles. The Morgan fingerprint density at radius 1 is 1.23 bits per heavy atom. The molecule has 1 amide bonds. The fourth-order valence-corrected chi connectivity index (χ4v) is 3.18. The number of hydrogen-bond donors (Lipinski definition) is 4. The van der Waals surface area contributed by atoms with E-state index in [-0.39, 0.29) is 11.9 Å². The molecule has 0 atom stereocenters. The maximum Gasteiger partial charge on any atom is 0.407 e. The first-order valence-electron chi connectivity index (χ1n) is 10.9. The highest BCUT2D eigenvalue weighted by molar-refractivity contribution is 5.79. The van der Waals surface area contributed by atoms with Crippen molar-refractivity contribution < 1.29 is 19.0 Å². The Hall–Kier alpha value is -2.55. The Bertz CT molecular complexity index is 743. The van der Waals surface area contributed by atoms with Gasteiger partial charge in [-0.1, -0.05) is 6.07 Å². The van der Waals surface area contributed by atoms with Gasteiger partial charge >= 0.3 is 6.09 Å². The number of hydrogen-bond acceptors (Lipinski definition) is 5. The second-order valence-electron chi connectivity index (χ2n) is 8.55. The molecule has 0 spiro atoms. The zero-order valence-corrected chi connectivity index (χ0v) is 19.0. The standard InChI is InChI=1S/C22H36FN5O3/c1-5-24-20(25-10-11-26-21(30)31-22(2,3)4)27-15-16-6-7-19(18(23)14-16)28-12-8-17(29)9-13-28/h6-7,14,17,29H,5,8-13,15H2,1-4H3,(H,26,30)(H2,24,25,27). The number of guanidine groups is 1. The third-order valence-corrected chi connectivity index (χ3v) is 4.67. The van der Waals surface area contributed by atoms with Crippen molar-refractivity contribution in [1.82, 2.24) is 16.0 Å². The van der Waals surface area contributed by atoms with Gasteiger partial charge in [0, 0.05) is 32.7 Å². The van der Waals surface area contributed by atoms with Crippen LogP contribution in [-0.2, 0) is 11.3 Å². The van der Waals surface area contributed by atoms with Crippen molar-refractivity contribution >= 4 is 17.7 Å². The lowest BCUT2D eigenvalue weighted by atomic mass is 10.1. The fraction of sp³-hybridized carbons (Fsp3) is 0.636. The third kappa shape index (κ3) is 9.00. The van der Waals surface area contributed by atoms with Gasteiger partial charge in [-0.3, -0.25) is 0 Å². The van der Waals surface area contributed by atoms with Gasteiger partial charge < -0.3 is 30.7 Å². The van der Waals surface area contributed by atoms with Gasteiger partial charge in [-0.05, 0) is 58.2 Å². The molecule has 0 radical (unpaired) electrons. The van der Waals surface area contributed by atoms with E-state index in [9.17, 15) is 14.3 Å². The minimum atomic E-state index is -0.534. The zero-order chi connectivity index (χ0) is 22.9. The number of aliphatic imine (C=N–C) groups is 1. The quantitative estimate of drug-likeness (QED) is 0.297. The molecule has 4 N–H and O–H groups in total. The van der Waals surface area contributed by atoms with Gasteiger partial charge in [-0.2, -0.15) is 0 Å². The van der Waals surface area contributed by atoms with Crippen LogP contribution in [0.5, 0.6) is 0 Å². The number of carbonyl (C=O) groups is 1. The highest BCUT2D eigenvalue weighted by Gasteiger charge is 2.19. The van der Waals surface area contributed by atoms with Crippen molar-refractivity contribution in [1.29, 1.82) is 0 Å². The lowest BCUT2D eigenvalue weighted by Gasteiger charge is -2.31. The minimum absolute atomic E-state index is 0.274. The molecule has 0 aromatic heterocycles. The number of amides is 1. The van der Waals surface area contributed by atoms with Gasteiger partial charge in [-0.15, -0.1) is 0 Å².